The minimum atomic E-state index is -0.768. The van der Waals surface area contributed by atoms with Crippen LogP contribution in [0.4, 0.5) is 0 Å². The first-order valence-corrected chi connectivity index (χ1v) is 5.09. The Morgan fingerprint density at radius 3 is 2.29 bits per heavy atom. The molecule has 0 aromatic heterocycles. The second-order valence-corrected chi connectivity index (χ2v) is 5.52. The molecule has 0 saturated carbocycles. The van der Waals surface area contributed by atoms with Gasteiger partial charge in [-0.25, -0.2) is 0 Å². The van der Waals surface area contributed by atoms with E-state index >= 15 is 0 Å². The first kappa shape index (κ1) is 11.4. The van der Waals surface area contributed by atoms with Gasteiger partial charge in [0, 0.05) is 5.92 Å². The third-order valence-corrected chi connectivity index (χ3v) is 3.29. The number of rotatable bonds is 2. The van der Waals surface area contributed by atoms with Crippen LogP contribution >= 0.6 is 0 Å². The van der Waals surface area contributed by atoms with Crippen LogP contribution in [0.25, 0.3) is 0 Å². The number of aliphatic hydroxyl groups is 1. The molecule has 0 heterocycles. The Kier molecular flexibility index (Phi) is 2.61. The van der Waals surface area contributed by atoms with E-state index in [1.165, 1.54) is 0 Å². The van der Waals surface area contributed by atoms with Gasteiger partial charge in [-0.1, -0.05) is 19.4 Å². The summed E-state index contributed by atoms with van der Waals surface area (Å²) >= 11 is 0. The van der Waals surface area contributed by atoms with Crippen LogP contribution < -0.4 is 0 Å². The maximum Gasteiger partial charge on any atom is 0.159 e. The van der Waals surface area contributed by atoms with Gasteiger partial charge >= 0.3 is 0 Å². The van der Waals surface area contributed by atoms with Gasteiger partial charge in [-0.3, -0.25) is 4.79 Å². The first-order valence-electron chi connectivity index (χ1n) is 5.09. The van der Waals surface area contributed by atoms with Gasteiger partial charge in [0.2, 0.25) is 0 Å². The maximum absolute atomic E-state index is 11.7. The smallest absolute Gasteiger partial charge is 0.159 e. The summed E-state index contributed by atoms with van der Waals surface area (Å²) in [5.74, 6) is 0.0946. The number of ketones is 1. The van der Waals surface area contributed by atoms with Gasteiger partial charge in [0.25, 0.3) is 0 Å². The van der Waals surface area contributed by atoms with Crippen LogP contribution in [0.2, 0.25) is 0 Å². The number of hydrogen-bond acceptors (Lipinski definition) is 2. The lowest BCUT2D eigenvalue weighted by Gasteiger charge is -2.32. The predicted octanol–water partition coefficient (Wildman–Crippen LogP) is 2.32. The fourth-order valence-corrected chi connectivity index (χ4v) is 1.99. The zero-order valence-electron chi connectivity index (χ0n) is 9.72. The zero-order valence-corrected chi connectivity index (χ0v) is 9.72. The second kappa shape index (κ2) is 3.20. The third-order valence-electron chi connectivity index (χ3n) is 3.29. The summed E-state index contributed by atoms with van der Waals surface area (Å²) in [5, 5.41) is 9.74. The molecule has 0 amide bonds. The van der Waals surface area contributed by atoms with E-state index in [-0.39, 0.29) is 17.1 Å². The lowest BCUT2D eigenvalue weighted by Crippen LogP contribution is -2.33. The van der Waals surface area contributed by atoms with Crippen molar-refractivity contribution >= 4 is 5.78 Å². The molecule has 0 bridgehead atoms. The van der Waals surface area contributed by atoms with Gasteiger partial charge in [-0.2, -0.15) is 0 Å². The van der Waals surface area contributed by atoms with Crippen molar-refractivity contribution in [3.05, 3.63) is 11.6 Å². The molecule has 80 valence electrons. The summed E-state index contributed by atoms with van der Waals surface area (Å²) in [6, 6.07) is 0. The maximum atomic E-state index is 11.7. The van der Waals surface area contributed by atoms with Crippen LogP contribution in [0.3, 0.4) is 0 Å². The van der Waals surface area contributed by atoms with Gasteiger partial charge in [-0.05, 0) is 38.7 Å². The molecule has 0 aliphatic heterocycles. The van der Waals surface area contributed by atoms with Crippen LogP contribution in [0.5, 0.6) is 0 Å². The average molecular weight is 196 g/mol. The Balaban J connectivity index is 2.87. The molecule has 0 fully saturated rings. The number of hydrogen-bond donors (Lipinski definition) is 1. The van der Waals surface area contributed by atoms with Crippen molar-refractivity contribution < 1.29 is 9.90 Å². The average Bonchev–Trinajstić information content (AvgIpc) is 2.11. The van der Waals surface area contributed by atoms with Gasteiger partial charge in [-0.15, -0.1) is 0 Å². The monoisotopic (exact) mass is 196 g/mol. The summed E-state index contributed by atoms with van der Waals surface area (Å²) in [7, 11) is 0. The highest BCUT2D eigenvalue weighted by Gasteiger charge is 2.42. The Morgan fingerprint density at radius 2 is 2.00 bits per heavy atom. The second-order valence-electron chi connectivity index (χ2n) is 5.52. The van der Waals surface area contributed by atoms with Crippen LogP contribution in [-0.4, -0.2) is 16.5 Å². The molecular formula is C12H20O2. The Hall–Kier alpha value is -0.630. The summed E-state index contributed by atoms with van der Waals surface area (Å²) < 4.78 is 0. The number of carbonyl (C=O) groups is 1. The van der Waals surface area contributed by atoms with Crippen molar-refractivity contribution in [1.29, 1.82) is 0 Å². The van der Waals surface area contributed by atoms with Gasteiger partial charge in [0.05, 0.1) is 5.60 Å². The topological polar surface area (TPSA) is 37.3 Å². The molecule has 0 aromatic carbocycles. The van der Waals surface area contributed by atoms with E-state index in [0.717, 1.165) is 5.57 Å². The number of carbonyl (C=O) groups excluding carboxylic acids is 1. The van der Waals surface area contributed by atoms with E-state index in [9.17, 15) is 9.90 Å². The summed E-state index contributed by atoms with van der Waals surface area (Å²) in [6.45, 7) is 9.64. The van der Waals surface area contributed by atoms with Gasteiger partial charge in [0.15, 0.2) is 5.78 Å². The zero-order chi connectivity index (χ0) is 11.1. The molecule has 14 heavy (non-hydrogen) atoms. The molecule has 0 spiro atoms. The van der Waals surface area contributed by atoms with Crippen molar-refractivity contribution in [2.24, 2.45) is 11.3 Å². The Morgan fingerprint density at radius 1 is 1.50 bits per heavy atom. The molecule has 1 atom stereocenters. The Labute approximate surface area is 86.0 Å². The van der Waals surface area contributed by atoms with Crippen LogP contribution in [0.1, 0.15) is 41.0 Å². The van der Waals surface area contributed by atoms with E-state index < -0.39 is 5.60 Å². The minimum Gasteiger partial charge on any atom is -0.390 e. The Bertz CT molecular complexity index is 279. The standard InChI is InChI=1S/C12H20O2/c1-8-6-10(13)9(12(8,4)5)7-11(2,3)14/h6,9,14H,7H2,1-5H3. The lowest BCUT2D eigenvalue weighted by atomic mass is 9.73. The highest BCUT2D eigenvalue weighted by Crippen LogP contribution is 2.44. The molecule has 1 aliphatic rings. The SMILES string of the molecule is CC1=CC(=O)C(CC(C)(C)O)C1(C)C. The van der Waals surface area contributed by atoms with Crippen molar-refractivity contribution in [2.45, 2.75) is 46.6 Å². The molecule has 2 heteroatoms. The van der Waals surface area contributed by atoms with Crippen LogP contribution in [0, 0.1) is 11.3 Å². The van der Waals surface area contributed by atoms with Crippen molar-refractivity contribution in [3.8, 4) is 0 Å². The van der Waals surface area contributed by atoms with Gasteiger partial charge < -0.3 is 5.11 Å². The molecule has 1 rings (SSSR count). The number of allylic oxidation sites excluding steroid dienone is 2. The summed E-state index contributed by atoms with van der Waals surface area (Å²) in [6.07, 6.45) is 2.25. The largest absolute Gasteiger partial charge is 0.390 e. The van der Waals surface area contributed by atoms with E-state index in [0.29, 0.717) is 6.42 Å². The van der Waals surface area contributed by atoms with Crippen molar-refractivity contribution in [1.82, 2.24) is 0 Å². The molecule has 0 aromatic rings. The van der Waals surface area contributed by atoms with Crippen molar-refractivity contribution in [2.75, 3.05) is 0 Å². The highest BCUT2D eigenvalue weighted by molar-refractivity contribution is 5.96. The first-order chi connectivity index (χ1) is 6.14. The quantitative estimate of drug-likeness (QED) is 0.736. The van der Waals surface area contributed by atoms with Crippen molar-refractivity contribution in [3.63, 3.8) is 0 Å². The molecular weight excluding hydrogens is 176 g/mol. The van der Waals surface area contributed by atoms with Crippen LogP contribution in [0.15, 0.2) is 11.6 Å². The normalized spacial score (nSPS) is 26.6. The van der Waals surface area contributed by atoms with E-state index in [4.69, 9.17) is 0 Å². The summed E-state index contributed by atoms with van der Waals surface area (Å²) in [4.78, 5) is 11.7. The highest BCUT2D eigenvalue weighted by atomic mass is 16.3. The van der Waals surface area contributed by atoms with E-state index in [1.807, 2.05) is 6.92 Å². The molecule has 0 radical (unpaired) electrons. The van der Waals surface area contributed by atoms with E-state index in [2.05, 4.69) is 13.8 Å². The summed E-state index contributed by atoms with van der Waals surface area (Å²) in [5.41, 5.74) is 0.254. The molecule has 1 aliphatic carbocycles. The molecule has 1 N–H and O–H groups in total. The molecule has 0 saturated heterocycles. The third kappa shape index (κ3) is 2.06. The fourth-order valence-electron chi connectivity index (χ4n) is 1.99. The van der Waals surface area contributed by atoms with Crippen LogP contribution in [-0.2, 0) is 4.79 Å². The molecule has 1 unspecified atom stereocenters. The fraction of sp³-hybridized carbons (Fsp3) is 0.750. The predicted molar refractivity (Wildman–Crippen MR) is 56.9 cm³/mol. The lowest BCUT2D eigenvalue weighted by molar-refractivity contribution is -0.121. The van der Waals surface area contributed by atoms with Gasteiger partial charge in [0.1, 0.15) is 0 Å². The minimum absolute atomic E-state index is 0.0671. The van der Waals surface area contributed by atoms with E-state index in [1.54, 1.807) is 19.9 Å². The molecule has 2 nitrogen and oxygen atoms in total.